The molecule has 0 aliphatic carbocycles. The van der Waals surface area contributed by atoms with Gasteiger partial charge in [-0.05, 0) is 37.1 Å². The first-order valence-corrected chi connectivity index (χ1v) is 15.7. The number of nitrogens with zero attached hydrogens (tertiary/aromatic N) is 3. The lowest BCUT2D eigenvalue weighted by atomic mass is 10.1. The van der Waals surface area contributed by atoms with Crippen LogP contribution in [-0.4, -0.2) is 34.8 Å². The second-order valence-corrected chi connectivity index (χ2v) is 14.1. The van der Waals surface area contributed by atoms with Crippen molar-refractivity contribution in [1.82, 2.24) is 15.0 Å². The van der Waals surface area contributed by atoms with Gasteiger partial charge in [0.15, 0.2) is 5.82 Å². The Labute approximate surface area is 204 Å². The Morgan fingerprint density at radius 3 is 1.74 bits per heavy atom. The Hall–Kier alpha value is -3.05. The molecule has 182 valence electrons. The predicted molar refractivity (Wildman–Crippen MR) is 141 cm³/mol. The zero-order valence-electron chi connectivity index (χ0n) is 21.1. The van der Waals surface area contributed by atoms with Crippen molar-refractivity contribution < 1.29 is 9.59 Å². The first kappa shape index (κ1) is 27.2. The maximum atomic E-state index is 12.3. The van der Waals surface area contributed by atoms with Gasteiger partial charge in [0.1, 0.15) is 8.07 Å². The van der Waals surface area contributed by atoms with Crippen LogP contribution in [0.5, 0.6) is 0 Å². The number of unbranched alkanes of at least 4 members (excludes halogenated alkanes) is 4. The lowest BCUT2D eigenvalue weighted by molar-refractivity contribution is -0.117. The van der Waals surface area contributed by atoms with Crippen LogP contribution in [0.2, 0.25) is 19.6 Å². The molecule has 2 rings (SSSR count). The normalized spacial score (nSPS) is 10.9. The third kappa shape index (κ3) is 10.3. The van der Waals surface area contributed by atoms with Gasteiger partial charge in [-0.25, -0.2) is 0 Å². The van der Waals surface area contributed by atoms with E-state index in [4.69, 9.17) is 0 Å². The van der Waals surface area contributed by atoms with Crippen molar-refractivity contribution in [3.63, 3.8) is 0 Å². The maximum absolute atomic E-state index is 12.3. The Morgan fingerprint density at radius 1 is 0.794 bits per heavy atom. The number of rotatable bonds is 11. The molecule has 0 spiro atoms. The first-order valence-electron chi connectivity index (χ1n) is 12.2. The molecule has 0 saturated heterocycles. The minimum Gasteiger partial charge on any atom is -0.294 e. The van der Waals surface area contributed by atoms with Crippen LogP contribution in [0.3, 0.4) is 0 Å². The lowest BCUT2D eigenvalue weighted by Gasteiger charge is -2.10. The number of benzene rings is 1. The molecular formula is C26H37N5O2Si. The van der Waals surface area contributed by atoms with Crippen LogP contribution < -0.4 is 10.6 Å². The van der Waals surface area contributed by atoms with Crippen molar-refractivity contribution in [2.24, 2.45) is 0 Å². The van der Waals surface area contributed by atoms with Crippen LogP contribution in [0.4, 0.5) is 11.9 Å². The quantitative estimate of drug-likeness (QED) is 0.241. The fraction of sp³-hybridized carbons (Fsp3) is 0.500. The van der Waals surface area contributed by atoms with Crippen molar-refractivity contribution in [3.8, 4) is 22.9 Å². The topological polar surface area (TPSA) is 96.9 Å². The molecule has 0 fully saturated rings. The van der Waals surface area contributed by atoms with E-state index in [0.717, 1.165) is 49.7 Å². The summed E-state index contributed by atoms with van der Waals surface area (Å²) >= 11 is 0. The summed E-state index contributed by atoms with van der Waals surface area (Å²) in [6, 6.07) is 7.64. The number of hydrogen-bond acceptors (Lipinski definition) is 5. The van der Waals surface area contributed by atoms with E-state index in [-0.39, 0.29) is 23.7 Å². The van der Waals surface area contributed by atoms with E-state index < -0.39 is 8.07 Å². The molecule has 0 aliphatic rings. The van der Waals surface area contributed by atoms with Gasteiger partial charge in [0.2, 0.25) is 23.7 Å². The Kier molecular flexibility index (Phi) is 10.9. The van der Waals surface area contributed by atoms with E-state index in [1.807, 2.05) is 24.3 Å². The van der Waals surface area contributed by atoms with Crippen molar-refractivity contribution in [3.05, 3.63) is 29.8 Å². The second-order valence-electron chi connectivity index (χ2n) is 9.39. The zero-order chi connectivity index (χ0) is 25.0. The summed E-state index contributed by atoms with van der Waals surface area (Å²) in [6.07, 6.45) is 6.47. The zero-order valence-corrected chi connectivity index (χ0v) is 22.1. The molecule has 1 heterocycles. The van der Waals surface area contributed by atoms with Gasteiger partial charge in [-0.15, -0.1) is 5.54 Å². The molecule has 0 radical (unpaired) electrons. The highest BCUT2D eigenvalue weighted by Crippen LogP contribution is 2.19. The lowest BCUT2D eigenvalue weighted by Crippen LogP contribution is -2.18. The van der Waals surface area contributed by atoms with Crippen molar-refractivity contribution in [2.75, 3.05) is 10.6 Å². The average Bonchev–Trinajstić information content (AvgIpc) is 2.78. The standard InChI is InChI=1S/C26H37N5O2Si/c1-6-8-10-12-22(32)27-25-29-24(30-26(31-25)28-23(33)13-11-9-7-2)21-16-14-20(15-17-21)18-19-34(3,4)5/h14-17H,6-13H2,1-5H3,(H2,27,28,29,30,31,32,33). The highest BCUT2D eigenvalue weighted by atomic mass is 28.3. The summed E-state index contributed by atoms with van der Waals surface area (Å²) in [4.78, 5) is 37.8. The molecule has 7 nitrogen and oxygen atoms in total. The molecule has 0 bridgehead atoms. The second kappa shape index (κ2) is 13.6. The fourth-order valence-electron chi connectivity index (χ4n) is 3.02. The van der Waals surface area contributed by atoms with Gasteiger partial charge in [-0.3, -0.25) is 20.2 Å². The smallest absolute Gasteiger partial charge is 0.234 e. The van der Waals surface area contributed by atoms with Crippen LogP contribution in [0, 0.1) is 11.5 Å². The molecule has 1 aromatic heterocycles. The van der Waals surface area contributed by atoms with E-state index in [1.54, 1.807) is 0 Å². The van der Waals surface area contributed by atoms with Gasteiger partial charge in [0, 0.05) is 24.0 Å². The molecule has 34 heavy (non-hydrogen) atoms. The van der Waals surface area contributed by atoms with E-state index in [9.17, 15) is 9.59 Å². The van der Waals surface area contributed by atoms with Gasteiger partial charge in [0.25, 0.3) is 0 Å². The van der Waals surface area contributed by atoms with E-state index in [2.05, 4.69) is 70.5 Å². The molecule has 8 heteroatoms. The Bertz CT molecular complexity index is 978. The summed E-state index contributed by atoms with van der Waals surface area (Å²) in [6.45, 7) is 10.8. The first-order chi connectivity index (χ1) is 16.2. The third-order valence-corrected chi connectivity index (χ3v) is 5.75. The van der Waals surface area contributed by atoms with Crippen LogP contribution >= 0.6 is 0 Å². The van der Waals surface area contributed by atoms with Crippen molar-refractivity contribution in [2.45, 2.75) is 84.9 Å². The third-order valence-electron chi connectivity index (χ3n) is 4.88. The number of aromatic nitrogens is 3. The monoisotopic (exact) mass is 479 g/mol. The van der Waals surface area contributed by atoms with Crippen molar-refractivity contribution >= 4 is 31.8 Å². The van der Waals surface area contributed by atoms with Gasteiger partial charge < -0.3 is 0 Å². The molecule has 0 atom stereocenters. The van der Waals surface area contributed by atoms with Crippen molar-refractivity contribution in [1.29, 1.82) is 0 Å². The van der Waals surface area contributed by atoms with Crippen LogP contribution in [0.25, 0.3) is 11.4 Å². The van der Waals surface area contributed by atoms with E-state index >= 15 is 0 Å². The highest BCUT2D eigenvalue weighted by Gasteiger charge is 2.13. The highest BCUT2D eigenvalue weighted by molar-refractivity contribution is 6.83. The fourth-order valence-corrected chi connectivity index (χ4v) is 3.54. The van der Waals surface area contributed by atoms with Gasteiger partial charge in [-0.1, -0.05) is 65.1 Å². The van der Waals surface area contributed by atoms with Crippen LogP contribution in [0.15, 0.2) is 24.3 Å². The SMILES string of the molecule is CCCCCC(=O)Nc1nc(NC(=O)CCCCC)nc(-c2ccc(C#C[Si](C)(C)C)cc2)n1. The van der Waals surface area contributed by atoms with Crippen LogP contribution in [-0.2, 0) is 9.59 Å². The molecule has 0 saturated carbocycles. The number of carbonyl (C=O) groups excluding carboxylic acids is 2. The molecular weight excluding hydrogens is 442 g/mol. The number of carbonyl (C=O) groups is 2. The molecule has 0 aliphatic heterocycles. The molecule has 2 aromatic rings. The van der Waals surface area contributed by atoms with Gasteiger partial charge in [-0.2, -0.15) is 15.0 Å². The molecule has 1 aromatic carbocycles. The minimum absolute atomic E-state index is 0.137. The maximum Gasteiger partial charge on any atom is 0.234 e. The van der Waals surface area contributed by atoms with Crippen LogP contribution in [0.1, 0.15) is 70.8 Å². The average molecular weight is 480 g/mol. The molecule has 2 amide bonds. The van der Waals surface area contributed by atoms with E-state index in [0.29, 0.717) is 18.7 Å². The Morgan fingerprint density at radius 2 is 1.29 bits per heavy atom. The predicted octanol–water partition coefficient (Wildman–Crippen LogP) is 5.81. The summed E-state index contributed by atoms with van der Waals surface area (Å²) in [5, 5.41) is 5.51. The largest absolute Gasteiger partial charge is 0.294 e. The van der Waals surface area contributed by atoms with Gasteiger partial charge in [0.05, 0.1) is 0 Å². The van der Waals surface area contributed by atoms with E-state index in [1.165, 1.54) is 0 Å². The number of amides is 2. The number of anilines is 2. The molecule has 2 N–H and O–H groups in total. The Balaban J connectivity index is 2.27. The summed E-state index contributed by atoms with van der Waals surface area (Å²) in [5.41, 5.74) is 5.03. The number of hydrogen-bond donors (Lipinski definition) is 2. The van der Waals surface area contributed by atoms with Gasteiger partial charge >= 0.3 is 0 Å². The molecule has 0 unspecified atom stereocenters. The summed E-state index contributed by atoms with van der Waals surface area (Å²) in [5.74, 6) is 3.59. The minimum atomic E-state index is -1.46. The number of nitrogens with one attached hydrogen (secondary N) is 2. The summed E-state index contributed by atoms with van der Waals surface area (Å²) in [7, 11) is -1.46. The summed E-state index contributed by atoms with van der Waals surface area (Å²) < 4.78 is 0.